The van der Waals surface area contributed by atoms with E-state index in [2.05, 4.69) is 54.9 Å². The van der Waals surface area contributed by atoms with Crippen molar-refractivity contribution < 1.29 is 9.47 Å². The third-order valence-electron chi connectivity index (χ3n) is 8.14. The normalized spacial score (nSPS) is 20.2. The zero-order valence-corrected chi connectivity index (χ0v) is 24.2. The Morgan fingerprint density at radius 1 is 0.684 bits per heavy atom. The van der Waals surface area contributed by atoms with Crippen molar-refractivity contribution in [2.45, 2.75) is 12.8 Å². The van der Waals surface area contributed by atoms with Crippen molar-refractivity contribution in [3.8, 4) is 0 Å². The van der Waals surface area contributed by atoms with Crippen LogP contribution >= 0.6 is 0 Å². The Labute approximate surface area is 230 Å². The molecule has 4 heterocycles. The molecule has 1 N–H and O–H groups in total. The molecule has 0 amide bonds. The van der Waals surface area contributed by atoms with Crippen molar-refractivity contribution in [3.05, 3.63) is 12.3 Å². The van der Waals surface area contributed by atoms with E-state index in [1.54, 1.807) is 0 Å². The zero-order chi connectivity index (χ0) is 26.6. The number of nitrogens with zero attached hydrogens (tertiary/aromatic N) is 7. The molecule has 1 aromatic rings. The van der Waals surface area contributed by atoms with Gasteiger partial charge in [0.05, 0.1) is 30.8 Å². The van der Waals surface area contributed by atoms with Gasteiger partial charge < -0.3 is 44.2 Å². The lowest BCUT2D eigenvalue weighted by molar-refractivity contribution is 0.108. The fourth-order valence-electron chi connectivity index (χ4n) is 5.45. The molecule has 0 spiro atoms. The summed E-state index contributed by atoms with van der Waals surface area (Å²) < 4.78 is 12.1. The van der Waals surface area contributed by atoms with Crippen molar-refractivity contribution in [2.75, 3.05) is 154 Å². The van der Waals surface area contributed by atoms with Crippen LogP contribution in [0.4, 0.5) is 17.2 Å². The van der Waals surface area contributed by atoms with E-state index >= 15 is 0 Å². The highest BCUT2D eigenvalue weighted by atomic mass is 16.5. The van der Waals surface area contributed by atoms with Crippen molar-refractivity contribution in [2.24, 2.45) is 0 Å². The highest BCUT2D eigenvalue weighted by molar-refractivity contribution is 5.73. The van der Waals surface area contributed by atoms with E-state index in [0.717, 1.165) is 90.0 Å². The molecule has 38 heavy (non-hydrogen) atoms. The van der Waals surface area contributed by atoms with Gasteiger partial charge in [-0.1, -0.05) is 0 Å². The number of nitrogens with one attached hydrogen (secondary N) is 1. The molecular formula is C28H52N8O2. The summed E-state index contributed by atoms with van der Waals surface area (Å²) in [6.45, 7) is 18.6. The molecule has 0 radical (unpaired) electrons. The third-order valence-corrected chi connectivity index (χ3v) is 8.14. The number of rotatable bonds is 15. The highest BCUT2D eigenvalue weighted by Crippen LogP contribution is 2.32. The first-order valence-corrected chi connectivity index (χ1v) is 14.8. The summed E-state index contributed by atoms with van der Waals surface area (Å²) in [5.41, 5.74) is 2.24. The molecule has 10 nitrogen and oxygen atoms in total. The van der Waals surface area contributed by atoms with Crippen molar-refractivity contribution in [1.29, 1.82) is 0 Å². The second-order valence-corrected chi connectivity index (χ2v) is 11.0. The Bertz CT molecular complexity index is 799. The van der Waals surface area contributed by atoms with Gasteiger partial charge in [0.2, 0.25) is 0 Å². The van der Waals surface area contributed by atoms with E-state index in [1.165, 1.54) is 58.0 Å². The SMILES string of the molecule is CNc1cnc2c(c1)N(CCOCCCN1CCN(C)CC1)CCN2CCOCCCN1CCN(C)CC1. The average Bonchev–Trinajstić information content (AvgIpc) is 2.94. The van der Waals surface area contributed by atoms with Crippen LogP contribution in [0.5, 0.6) is 0 Å². The van der Waals surface area contributed by atoms with Gasteiger partial charge >= 0.3 is 0 Å². The number of likely N-dealkylation sites (N-methyl/N-ethyl adjacent to an activating group) is 2. The van der Waals surface area contributed by atoms with Gasteiger partial charge in [0.1, 0.15) is 0 Å². The number of fused-ring (bicyclic) bond motifs is 1. The second kappa shape index (κ2) is 15.8. The molecule has 2 fully saturated rings. The smallest absolute Gasteiger partial charge is 0.152 e. The molecular weight excluding hydrogens is 480 g/mol. The third kappa shape index (κ3) is 9.20. The van der Waals surface area contributed by atoms with Gasteiger partial charge in [0, 0.05) is 112 Å². The predicted molar refractivity (Wildman–Crippen MR) is 157 cm³/mol. The Balaban J connectivity index is 1.14. The van der Waals surface area contributed by atoms with Crippen molar-refractivity contribution >= 4 is 17.2 Å². The number of aromatic nitrogens is 1. The summed E-state index contributed by atoms with van der Waals surface area (Å²) >= 11 is 0. The number of piperazine rings is 2. The average molecular weight is 533 g/mol. The Kier molecular flexibility index (Phi) is 12.2. The summed E-state index contributed by atoms with van der Waals surface area (Å²) in [5.74, 6) is 1.06. The first-order valence-electron chi connectivity index (χ1n) is 14.8. The van der Waals surface area contributed by atoms with E-state index in [1.807, 2.05) is 13.2 Å². The molecule has 216 valence electrons. The maximum atomic E-state index is 6.04. The lowest BCUT2D eigenvalue weighted by atomic mass is 10.2. The van der Waals surface area contributed by atoms with Gasteiger partial charge in [-0.05, 0) is 33.0 Å². The van der Waals surface area contributed by atoms with Crippen LogP contribution in [0.2, 0.25) is 0 Å². The summed E-state index contributed by atoms with van der Waals surface area (Å²) in [4.78, 5) is 19.6. The molecule has 10 heteroatoms. The van der Waals surface area contributed by atoms with Gasteiger partial charge in [0.25, 0.3) is 0 Å². The summed E-state index contributed by atoms with van der Waals surface area (Å²) in [6, 6.07) is 2.22. The Hall–Kier alpha value is -1.69. The topological polar surface area (TPSA) is 62.8 Å². The molecule has 3 aliphatic rings. The van der Waals surface area contributed by atoms with Crippen LogP contribution in [0.1, 0.15) is 12.8 Å². The second-order valence-electron chi connectivity index (χ2n) is 11.0. The largest absolute Gasteiger partial charge is 0.387 e. The monoisotopic (exact) mass is 532 g/mol. The molecule has 0 atom stereocenters. The Morgan fingerprint density at radius 3 is 1.76 bits per heavy atom. The number of ether oxygens (including phenoxy) is 2. The molecule has 0 saturated carbocycles. The summed E-state index contributed by atoms with van der Waals surface area (Å²) in [5, 5.41) is 3.25. The van der Waals surface area contributed by atoms with Crippen molar-refractivity contribution in [3.63, 3.8) is 0 Å². The van der Waals surface area contributed by atoms with Gasteiger partial charge in [-0.25, -0.2) is 4.98 Å². The fourth-order valence-corrected chi connectivity index (χ4v) is 5.45. The minimum Gasteiger partial charge on any atom is -0.387 e. The van der Waals surface area contributed by atoms with Crippen LogP contribution in [0, 0.1) is 0 Å². The van der Waals surface area contributed by atoms with E-state index in [0.29, 0.717) is 0 Å². The van der Waals surface area contributed by atoms with Gasteiger partial charge in [-0.2, -0.15) is 0 Å². The number of hydrogen-bond acceptors (Lipinski definition) is 10. The first-order chi connectivity index (χ1) is 18.6. The lowest BCUT2D eigenvalue weighted by Crippen LogP contribution is -2.45. The molecule has 0 aliphatic carbocycles. The van der Waals surface area contributed by atoms with Crippen LogP contribution in [0.25, 0.3) is 0 Å². The number of anilines is 3. The lowest BCUT2D eigenvalue weighted by Gasteiger charge is -2.38. The van der Waals surface area contributed by atoms with E-state index < -0.39 is 0 Å². The molecule has 0 aromatic carbocycles. The maximum Gasteiger partial charge on any atom is 0.152 e. The molecule has 3 aliphatic heterocycles. The minimum atomic E-state index is 0.744. The molecule has 4 rings (SSSR count). The minimum absolute atomic E-state index is 0.744. The zero-order valence-electron chi connectivity index (χ0n) is 24.2. The molecule has 2 saturated heterocycles. The van der Waals surface area contributed by atoms with Crippen LogP contribution in [-0.4, -0.2) is 164 Å². The van der Waals surface area contributed by atoms with E-state index in [4.69, 9.17) is 14.5 Å². The van der Waals surface area contributed by atoms with Gasteiger partial charge in [-0.15, -0.1) is 0 Å². The van der Waals surface area contributed by atoms with E-state index in [9.17, 15) is 0 Å². The van der Waals surface area contributed by atoms with Gasteiger partial charge in [0.15, 0.2) is 5.82 Å². The van der Waals surface area contributed by atoms with Crippen LogP contribution in [-0.2, 0) is 9.47 Å². The van der Waals surface area contributed by atoms with Crippen LogP contribution in [0.3, 0.4) is 0 Å². The van der Waals surface area contributed by atoms with E-state index in [-0.39, 0.29) is 0 Å². The molecule has 1 aromatic heterocycles. The summed E-state index contributed by atoms with van der Waals surface area (Å²) in [6.07, 6.45) is 4.14. The van der Waals surface area contributed by atoms with Crippen LogP contribution < -0.4 is 15.1 Å². The standard InChI is InChI=1S/C28H52N8O2/c1-29-26-24-27-28(30-25-26)36(19-23-38-21-5-7-34-14-10-32(3)11-15-34)17-16-35(27)18-22-37-20-4-6-33-12-8-31(2)9-13-33/h24-25,29H,4-23H2,1-3H3. The maximum absolute atomic E-state index is 6.04. The van der Waals surface area contributed by atoms with Crippen LogP contribution in [0.15, 0.2) is 12.3 Å². The fraction of sp³-hybridized carbons (Fsp3) is 0.821. The summed E-state index contributed by atoms with van der Waals surface area (Å²) in [7, 11) is 6.37. The molecule has 0 unspecified atom stereocenters. The highest BCUT2D eigenvalue weighted by Gasteiger charge is 2.24. The first kappa shape index (κ1) is 29.3. The Morgan fingerprint density at radius 2 is 1.21 bits per heavy atom. The predicted octanol–water partition coefficient (Wildman–Crippen LogP) is 1.06. The van der Waals surface area contributed by atoms with Crippen molar-refractivity contribution in [1.82, 2.24) is 24.6 Å². The molecule has 0 bridgehead atoms. The number of hydrogen-bond donors (Lipinski definition) is 1. The quantitative estimate of drug-likeness (QED) is 0.332. The number of pyridine rings is 1. The van der Waals surface area contributed by atoms with Gasteiger partial charge in [-0.3, -0.25) is 0 Å².